The zero-order valence-electron chi connectivity index (χ0n) is 11.4. The van der Waals surface area contributed by atoms with Gasteiger partial charge in [-0.05, 0) is 41.0 Å². The first-order valence-electron chi connectivity index (χ1n) is 5.91. The van der Waals surface area contributed by atoms with Crippen LogP contribution in [0, 0.1) is 6.92 Å². The minimum atomic E-state index is -0.510. The zero-order valence-corrected chi connectivity index (χ0v) is 11.4. The molecule has 0 amide bonds. The van der Waals surface area contributed by atoms with Crippen LogP contribution in [0.2, 0.25) is 0 Å². The molecule has 1 rings (SSSR count). The molecule has 0 aliphatic rings. The Labute approximate surface area is 102 Å². The number of aromatic nitrogens is 3. The highest BCUT2D eigenvalue weighted by Crippen LogP contribution is 2.16. The van der Waals surface area contributed by atoms with Crippen molar-refractivity contribution in [1.82, 2.24) is 15.0 Å². The summed E-state index contributed by atoms with van der Waals surface area (Å²) >= 11 is 0. The second-order valence-electron chi connectivity index (χ2n) is 5.23. The zero-order chi connectivity index (χ0) is 13.2. The molecule has 0 bridgehead atoms. The highest BCUT2D eigenvalue weighted by molar-refractivity contribution is 5.88. The highest BCUT2D eigenvalue weighted by Gasteiger charge is 2.24. The lowest BCUT2D eigenvalue weighted by Crippen LogP contribution is -2.24. The van der Waals surface area contributed by atoms with Crippen molar-refractivity contribution in [1.29, 1.82) is 0 Å². The molecule has 0 spiro atoms. The summed E-state index contributed by atoms with van der Waals surface area (Å²) in [5.74, 6) is -0.412. The summed E-state index contributed by atoms with van der Waals surface area (Å²) < 4.78 is 7.04. The number of esters is 1. The van der Waals surface area contributed by atoms with Gasteiger partial charge in [0.2, 0.25) is 0 Å². The van der Waals surface area contributed by atoms with Gasteiger partial charge in [0.05, 0.1) is 11.7 Å². The van der Waals surface area contributed by atoms with E-state index in [1.807, 2.05) is 34.6 Å². The SMILES string of the molecule is CCC(C)n1nnc(C(=O)OC(C)(C)C)c1C. The molecule has 1 aromatic rings. The molecule has 1 aromatic heterocycles. The highest BCUT2D eigenvalue weighted by atomic mass is 16.6. The number of rotatable bonds is 3. The average molecular weight is 239 g/mol. The van der Waals surface area contributed by atoms with Gasteiger partial charge in [0, 0.05) is 0 Å². The van der Waals surface area contributed by atoms with Crippen LogP contribution in [0.3, 0.4) is 0 Å². The van der Waals surface area contributed by atoms with E-state index in [-0.39, 0.29) is 6.04 Å². The normalized spacial score (nSPS) is 13.5. The summed E-state index contributed by atoms with van der Waals surface area (Å²) in [7, 11) is 0. The molecule has 17 heavy (non-hydrogen) atoms. The Morgan fingerprint density at radius 3 is 2.53 bits per heavy atom. The summed E-state index contributed by atoms with van der Waals surface area (Å²) in [6.45, 7) is 11.4. The predicted octanol–water partition coefficient (Wildman–Crippen LogP) is 2.51. The molecule has 96 valence electrons. The minimum Gasteiger partial charge on any atom is -0.455 e. The van der Waals surface area contributed by atoms with Crippen LogP contribution < -0.4 is 0 Å². The third-order valence-corrected chi connectivity index (χ3v) is 2.53. The summed E-state index contributed by atoms with van der Waals surface area (Å²) in [6.07, 6.45) is 0.942. The molecule has 0 aliphatic heterocycles. The molecule has 5 heteroatoms. The van der Waals surface area contributed by atoms with Crippen molar-refractivity contribution >= 4 is 5.97 Å². The first kappa shape index (κ1) is 13.7. The Hall–Kier alpha value is -1.39. The van der Waals surface area contributed by atoms with Gasteiger partial charge in [-0.15, -0.1) is 5.10 Å². The van der Waals surface area contributed by atoms with E-state index in [0.29, 0.717) is 5.69 Å². The number of ether oxygens (including phenoxy) is 1. The molecule has 0 aromatic carbocycles. The maximum absolute atomic E-state index is 11.9. The van der Waals surface area contributed by atoms with E-state index in [4.69, 9.17) is 4.74 Å². The lowest BCUT2D eigenvalue weighted by atomic mass is 10.2. The van der Waals surface area contributed by atoms with E-state index < -0.39 is 11.6 Å². The van der Waals surface area contributed by atoms with Gasteiger partial charge in [-0.1, -0.05) is 12.1 Å². The minimum absolute atomic E-state index is 0.235. The summed E-state index contributed by atoms with van der Waals surface area (Å²) in [5.41, 5.74) is 0.553. The summed E-state index contributed by atoms with van der Waals surface area (Å²) in [5, 5.41) is 7.91. The van der Waals surface area contributed by atoms with Crippen LogP contribution in [-0.4, -0.2) is 26.6 Å². The lowest BCUT2D eigenvalue weighted by Gasteiger charge is -2.18. The maximum Gasteiger partial charge on any atom is 0.361 e. The number of hydrogen-bond donors (Lipinski definition) is 0. The molecule has 5 nitrogen and oxygen atoms in total. The van der Waals surface area contributed by atoms with Gasteiger partial charge in [-0.25, -0.2) is 9.48 Å². The number of hydrogen-bond acceptors (Lipinski definition) is 4. The van der Waals surface area contributed by atoms with Crippen molar-refractivity contribution in [3.63, 3.8) is 0 Å². The Bertz CT molecular complexity index is 404. The second kappa shape index (κ2) is 4.85. The standard InChI is InChI=1S/C12H21N3O2/c1-7-8(2)15-9(3)10(13-14-15)11(16)17-12(4,5)6/h8H,7H2,1-6H3. The fraction of sp³-hybridized carbons (Fsp3) is 0.750. The molecular weight excluding hydrogens is 218 g/mol. The summed E-state index contributed by atoms with van der Waals surface area (Å²) in [6, 6.07) is 0.235. The van der Waals surface area contributed by atoms with Crippen molar-refractivity contribution in [2.45, 2.75) is 59.6 Å². The van der Waals surface area contributed by atoms with Gasteiger partial charge >= 0.3 is 5.97 Å². The largest absolute Gasteiger partial charge is 0.455 e. The van der Waals surface area contributed by atoms with Gasteiger partial charge in [0.25, 0.3) is 0 Å². The Morgan fingerprint density at radius 2 is 2.06 bits per heavy atom. The Balaban J connectivity index is 2.93. The van der Waals surface area contributed by atoms with E-state index in [0.717, 1.165) is 12.1 Å². The molecule has 1 atom stereocenters. The maximum atomic E-state index is 11.9. The number of carbonyl (C=O) groups excluding carboxylic acids is 1. The van der Waals surface area contributed by atoms with Crippen LogP contribution >= 0.6 is 0 Å². The van der Waals surface area contributed by atoms with E-state index in [1.165, 1.54) is 0 Å². The predicted molar refractivity (Wildman–Crippen MR) is 64.9 cm³/mol. The van der Waals surface area contributed by atoms with Crippen LogP contribution in [0.15, 0.2) is 0 Å². The van der Waals surface area contributed by atoms with Crippen molar-refractivity contribution < 1.29 is 9.53 Å². The van der Waals surface area contributed by atoms with E-state index in [9.17, 15) is 4.79 Å². The molecule has 1 heterocycles. The van der Waals surface area contributed by atoms with Gasteiger partial charge in [-0.2, -0.15) is 0 Å². The van der Waals surface area contributed by atoms with Crippen molar-refractivity contribution in [3.8, 4) is 0 Å². The fourth-order valence-corrected chi connectivity index (χ4v) is 1.45. The molecule has 1 unspecified atom stereocenters. The molecule has 0 radical (unpaired) electrons. The van der Waals surface area contributed by atoms with Gasteiger partial charge in [0.1, 0.15) is 5.60 Å². The van der Waals surface area contributed by atoms with Crippen molar-refractivity contribution in [2.24, 2.45) is 0 Å². The quantitative estimate of drug-likeness (QED) is 0.760. The van der Waals surface area contributed by atoms with Crippen LogP contribution in [0.5, 0.6) is 0 Å². The smallest absolute Gasteiger partial charge is 0.361 e. The molecule has 0 saturated heterocycles. The van der Waals surface area contributed by atoms with Crippen LogP contribution in [0.1, 0.15) is 63.3 Å². The Kier molecular flexibility index (Phi) is 3.91. The molecule has 0 saturated carbocycles. The van der Waals surface area contributed by atoms with Crippen LogP contribution in [-0.2, 0) is 4.74 Å². The topological polar surface area (TPSA) is 57.0 Å². The van der Waals surface area contributed by atoms with Crippen molar-refractivity contribution in [3.05, 3.63) is 11.4 Å². The van der Waals surface area contributed by atoms with E-state index in [2.05, 4.69) is 17.2 Å². The van der Waals surface area contributed by atoms with Gasteiger partial charge < -0.3 is 4.74 Å². The monoisotopic (exact) mass is 239 g/mol. The lowest BCUT2D eigenvalue weighted by molar-refractivity contribution is 0.00619. The molecule has 0 aliphatic carbocycles. The number of carbonyl (C=O) groups is 1. The first-order valence-corrected chi connectivity index (χ1v) is 5.91. The van der Waals surface area contributed by atoms with Gasteiger partial charge in [-0.3, -0.25) is 0 Å². The van der Waals surface area contributed by atoms with Crippen molar-refractivity contribution in [2.75, 3.05) is 0 Å². The molecule has 0 N–H and O–H groups in total. The Morgan fingerprint density at radius 1 is 1.47 bits per heavy atom. The first-order chi connectivity index (χ1) is 7.76. The molecule has 0 fully saturated rings. The average Bonchev–Trinajstić information content (AvgIpc) is 2.56. The van der Waals surface area contributed by atoms with Crippen LogP contribution in [0.4, 0.5) is 0 Å². The fourth-order valence-electron chi connectivity index (χ4n) is 1.45. The molecular formula is C12H21N3O2. The number of nitrogens with zero attached hydrogens (tertiary/aromatic N) is 3. The van der Waals surface area contributed by atoms with Crippen LogP contribution in [0.25, 0.3) is 0 Å². The van der Waals surface area contributed by atoms with E-state index >= 15 is 0 Å². The third-order valence-electron chi connectivity index (χ3n) is 2.53. The second-order valence-corrected chi connectivity index (χ2v) is 5.23. The van der Waals surface area contributed by atoms with E-state index in [1.54, 1.807) is 4.68 Å². The third kappa shape index (κ3) is 3.28. The summed E-state index contributed by atoms with van der Waals surface area (Å²) in [4.78, 5) is 11.9. The van der Waals surface area contributed by atoms with Gasteiger partial charge in [0.15, 0.2) is 5.69 Å².